The Hall–Kier alpha value is -0.820. The van der Waals surface area contributed by atoms with Crippen LogP contribution in [0.1, 0.15) is 25.3 Å². The molecule has 1 aliphatic rings. The van der Waals surface area contributed by atoms with E-state index in [0.29, 0.717) is 6.10 Å². The summed E-state index contributed by atoms with van der Waals surface area (Å²) in [4.78, 5) is 0. The van der Waals surface area contributed by atoms with E-state index < -0.39 is 0 Å². The fraction of sp³-hybridized carbons (Fsp3) is 0.500. The van der Waals surface area contributed by atoms with E-state index in [1.54, 1.807) is 0 Å². The average Bonchev–Trinajstić information content (AvgIpc) is 2.99. The molecular weight excluding hydrogens is 160 g/mol. The first-order chi connectivity index (χ1) is 6.36. The van der Waals surface area contributed by atoms with Gasteiger partial charge in [-0.25, -0.2) is 0 Å². The molecule has 0 bridgehead atoms. The Morgan fingerprint density at radius 1 is 1.31 bits per heavy atom. The number of ether oxygens (including phenoxy) is 1. The molecule has 0 heterocycles. The number of rotatable bonds is 4. The molecule has 0 unspecified atom stereocenters. The van der Waals surface area contributed by atoms with Crippen molar-refractivity contribution in [2.75, 3.05) is 0 Å². The van der Waals surface area contributed by atoms with Gasteiger partial charge in [0.25, 0.3) is 0 Å². The molecule has 0 N–H and O–H groups in total. The van der Waals surface area contributed by atoms with Gasteiger partial charge in [0.05, 0.1) is 12.7 Å². The van der Waals surface area contributed by atoms with Crippen molar-refractivity contribution in [3.05, 3.63) is 35.9 Å². The maximum absolute atomic E-state index is 5.75. The van der Waals surface area contributed by atoms with Gasteiger partial charge in [-0.15, -0.1) is 0 Å². The summed E-state index contributed by atoms with van der Waals surface area (Å²) in [6, 6.07) is 10.4. The van der Waals surface area contributed by atoms with Crippen molar-refractivity contribution in [2.24, 2.45) is 5.92 Å². The maximum Gasteiger partial charge on any atom is 0.0720 e. The zero-order chi connectivity index (χ0) is 9.10. The predicted molar refractivity (Wildman–Crippen MR) is 53.4 cm³/mol. The van der Waals surface area contributed by atoms with E-state index in [9.17, 15) is 0 Å². The van der Waals surface area contributed by atoms with Gasteiger partial charge in [-0.2, -0.15) is 0 Å². The Kier molecular flexibility index (Phi) is 2.65. The Labute approximate surface area is 79.7 Å². The van der Waals surface area contributed by atoms with E-state index in [1.165, 1.54) is 18.4 Å². The summed E-state index contributed by atoms with van der Waals surface area (Å²) in [7, 11) is 0. The van der Waals surface area contributed by atoms with Crippen LogP contribution in [0.3, 0.4) is 0 Å². The molecule has 1 aromatic rings. The van der Waals surface area contributed by atoms with Crippen LogP contribution in [-0.4, -0.2) is 6.10 Å². The van der Waals surface area contributed by atoms with Crippen molar-refractivity contribution in [2.45, 2.75) is 32.5 Å². The Morgan fingerprint density at radius 2 is 2.00 bits per heavy atom. The molecule has 1 aromatic carbocycles. The van der Waals surface area contributed by atoms with E-state index >= 15 is 0 Å². The van der Waals surface area contributed by atoms with Crippen LogP contribution in [0, 0.1) is 5.92 Å². The van der Waals surface area contributed by atoms with E-state index in [-0.39, 0.29) is 0 Å². The van der Waals surface area contributed by atoms with Gasteiger partial charge in [-0.05, 0) is 31.2 Å². The van der Waals surface area contributed by atoms with Gasteiger partial charge >= 0.3 is 0 Å². The fourth-order valence-electron chi connectivity index (χ4n) is 1.50. The van der Waals surface area contributed by atoms with Gasteiger partial charge in [-0.1, -0.05) is 30.3 Å². The highest BCUT2D eigenvalue weighted by atomic mass is 16.5. The van der Waals surface area contributed by atoms with Crippen molar-refractivity contribution in [1.29, 1.82) is 0 Å². The third-order valence-corrected chi connectivity index (χ3v) is 2.64. The van der Waals surface area contributed by atoms with E-state index in [2.05, 4.69) is 31.2 Å². The van der Waals surface area contributed by atoms with Gasteiger partial charge in [0.15, 0.2) is 0 Å². The normalized spacial score (nSPS) is 18.5. The monoisotopic (exact) mass is 176 g/mol. The quantitative estimate of drug-likeness (QED) is 0.685. The van der Waals surface area contributed by atoms with Gasteiger partial charge in [-0.3, -0.25) is 0 Å². The molecule has 0 aromatic heterocycles. The fourth-order valence-corrected chi connectivity index (χ4v) is 1.50. The van der Waals surface area contributed by atoms with Crippen LogP contribution in [0.2, 0.25) is 0 Å². The molecule has 0 aliphatic heterocycles. The second kappa shape index (κ2) is 3.93. The molecule has 0 amide bonds. The second-order valence-electron chi connectivity index (χ2n) is 3.84. The maximum atomic E-state index is 5.75. The lowest BCUT2D eigenvalue weighted by Gasteiger charge is -2.11. The third-order valence-electron chi connectivity index (χ3n) is 2.64. The lowest BCUT2D eigenvalue weighted by atomic mass is 10.2. The first kappa shape index (κ1) is 8.76. The molecule has 1 fully saturated rings. The minimum atomic E-state index is 0.445. The zero-order valence-electron chi connectivity index (χ0n) is 8.07. The Balaban J connectivity index is 1.78. The summed E-state index contributed by atoms with van der Waals surface area (Å²) in [5.41, 5.74) is 1.27. The summed E-state index contributed by atoms with van der Waals surface area (Å²) in [6.07, 6.45) is 3.16. The highest BCUT2D eigenvalue weighted by molar-refractivity contribution is 5.13. The SMILES string of the molecule is C[C@H](OCc1ccccc1)C1CC1. The minimum Gasteiger partial charge on any atom is -0.374 e. The van der Waals surface area contributed by atoms with Gasteiger partial charge < -0.3 is 4.74 Å². The lowest BCUT2D eigenvalue weighted by Crippen LogP contribution is -2.09. The topological polar surface area (TPSA) is 9.23 Å². The summed E-state index contributed by atoms with van der Waals surface area (Å²) in [6.45, 7) is 2.94. The van der Waals surface area contributed by atoms with Crippen LogP contribution in [-0.2, 0) is 11.3 Å². The first-order valence-electron chi connectivity index (χ1n) is 5.02. The predicted octanol–water partition coefficient (Wildman–Crippen LogP) is 3.00. The van der Waals surface area contributed by atoms with Crippen molar-refractivity contribution in [1.82, 2.24) is 0 Å². The molecule has 0 saturated heterocycles. The van der Waals surface area contributed by atoms with Crippen LogP contribution in [0.5, 0.6) is 0 Å². The summed E-state index contributed by atoms with van der Waals surface area (Å²) in [5, 5.41) is 0. The molecule has 0 radical (unpaired) electrons. The highest BCUT2D eigenvalue weighted by Gasteiger charge is 2.28. The van der Waals surface area contributed by atoms with Crippen molar-refractivity contribution in [3.63, 3.8) is 0 Å². The molecular formula is C12H16O. The van der Waals surface area contributed by atoms with Crippen molar-refractivity contribution >= 4 is 0 Å². The molecule has 1 aliphatic carbocycles. The molecule has 1 saturated carbocycles. The molecule has 1 atom stereocenters. The number of benzene rings is 1. The Morgan fingerprint density at radius 3 is 2.62 bits per heavy atom. The molecule has 0 spiro atoms. The van der Waals surface area contributed by atoms with E-state index in [1.807, 2.05) is 6.07 Å². The smallest absolute Gasteiger partial charge is 0.0720 e. The zero-order valence-corrected chi connectivity index (χ0v) is 8.07. The second-order valence-corrected chi connectivity index (χ2v) is 3.84. The van der Waals surface area contributed by atoms with Crippen LogP contribution in [0.4, 0.5) is 0 Å². The lowest BCUT2D eigenvalue weighted by molar-refractivity contribution is 0.0387. The van der Waals surface area contributed by atoms with Gasteiger partial charge in [0.1, 0.15) is 0 Å². The standard InChI is InChI=1S/C12H16O/c1-10(12-7-8-12)13-9-11-5-3-2-4-6-11/h2-6,10,12H,7-9H2,1H3/t10-/m0/s1. The van der Waals surface area contributed by atoms with Crippen molar-refractivity contribution in [3.8, 4) is 0 Å². The van der Waals surface area contributed by atoms with Crippen LogP contribution in [0.25, 0.3) is 0 Å². The summed E-state index contributed by atoms with van der Waals surface area (Å²) >= 11 is 0. The third kappa shape index (κ3) is 2.56. The average molecular weight is 176 g/mol. The van der Waals surface area contributed by atoms with Crippen LogP contribution < -0.4 is 0 Å². The number of hydrogen-bond acceptors (Lipinski definition) is 1. The van der Waals surface area contributed by atoms with Crippen LogP contribution >= 0.6 is 0 Å². The molecule has 1 heteroatoms. The van der Waals surface area contributed by atoms with E-state index in [4.69, 9.17) is 4.74 Å². The van der Waals surface area contributed by atoms with Gasteiger partial charge in [0, 0.05) is 0 Å². The molecule has 70 valence electrons. The summed E-state index contributed by atoms with van der Waals surface area (Å²) in [5.74, 6) is 0.837. The summed E-state index contributed by atoms with van der Waals surface area (Å²) < 4.78 is 5.75. The Bertz CT molecular complexity index is 251. The number of hydrogen-bond donors (Lipinski definition) is 0. The molecule has 13 heavy (non-hydrogen) atoms. The van der Waals surface area contributed by atoms with Crippen LogP contribution in [0.15, 0.2) is 30.3 Å². The van der Waals surface area contributed by atoms with Gasteiger partial charge in [0.2, 0.25) is 0 Å². The first-order valence-corrected chi connectivity index (χ1v) is 5.02. The largest absolute Gasteiger partial charge is 0.374 e. The minimum absolute atomic E-state index is 0.445. The molecule has 1 nitrogen and oxygen atoms in total. The molecule has 2 rings (SSSR count). The van der Waals surface area contributed by atoms with Crippen molar-refractivity contribution < 1.29 is 4.74 Å². The highest BCUT2D eigenvalue weighted by Crippen LogP contribution is 2.34. The van der Waals surface area contributed by atoms with E-state index in [0.717, 1.165) is 12.5 Å².